The minimum Gasteiger partial charge on any atom is -0.494 e. The minimum absolute atomic E-state index is 0.0469. The second kappa shape index (κ2) is 14.2. The average molecular weight is 588 g/mol. The van der Waals surface area contributed by atoms with Gasteiger partial charge in [0.25, 0.3) is 5.95 Å². The van der Waals surface area contributed by atoms with Crippen LogP contribution in [0.2, 0.25) is 0 Å². The second-order valence-corrected chi connectivity index (χ2v) is 10.7. The molecule has 16 heteroatoms. The van der Waals surface area contributed by atoms with Crippen molar-refractivity contribution in [2.45, 2.75) is 33.4 Å². The number of azo groups is 1. The van der Waals surface area contributed by atoms with Crippen molar-refractivity contribution >= 4 is 39.2 Å². The molecule has 220 valence electrons. The van der Waals surface area contributed by atoms with E-state index in [-0.39, 0.29) is 40.8 Å². The lowest BCUT2D eigenvalue weighted by atomic mass is 10.2. The van der Waals surface area contributed by atoms with Crippen molar-refractivity contribution in [3.63, 3.8) is 0 Å². The number of nitriles is 2. The molecular weight excluding hydrogens is 554 g/mol. The van der Waals surface area contributed by atoms with Gasteiger partial charge in [0.05, 0.1) is 25.0 Å². The number of ether oxygens (including phenoxy) is 2. The topological polar surface area (TPSA) is 199 Å². The summed E-state index contributed by atoms with van der Waals surface area (Å²) in [6.07, 6.45) is -1.30. The summed E-state index contributed by atoms with van der Waals surface area (Å²) < 4.78 is 40.5. The predicted octanol–water partition coefficient (Wildman–Crippen LogP) is 2.60. The van der Waals surface area contributed by atoms with Gasteiger partial charge in [0.15, 0.2) is 11.4 Å². The van der Waals surface area contributed by atoms with Crippen LogP contribution in [0.3, 0.4) is 0 Å². The van der Waals surface area contributed by atoms with Crippen LogP contribution >= 0.6 is 0 Å². The molecule has 2 rings (SSSR count). The highest BCUT2D eigenvalue weighted by Crippen LogP contribution is 2.40. The Morgan fingerprint density at radius 2 is 1.90 bits per heavy atom. The summed E-state index contributed by atoms with van der Waals surface area (Å²) in [5.74, 6) is -0.539. The van der Waals surface area contributed by atoms with Crippen molar-refractivity contribution in [2.75, 3.05) is 50.5 Å². The number of hydrogen-bond acceptors (Lipinski definition) is 12. The van der Waals surface area contributed by atoms with Crippen LogP contribution in [0, 0.1) is 22.7 Å². The van der Waals surface area contributed by atoms with E-state index in [1.807, 2.05) is 24.8 Å². The molecule has 2 aromatic rings. The lowest BCUT2D eigenvalue weighted by Gasteiger charge is -2.25. The summed E-state index contributed by atoms with van der Waals surface area (Å²) in [5.41, 5.74) is 0.411. The van der Waals surface area contributed by atoms with Gasteiger partial charge in [-0.15, -0.1) is 10.2 Å². The Morgan fingerprint density at radius 1 is 1.24 bits per heavy atom. The number of rotatable bonds is 14. The zero-order valence-corrected chi connectivity index (χ0v) is 24.6. The van der Waals surface area contributed by atoms with Crippen LogP contribution in [-0.4, -0.2) is 80.4 Å². The number of aliphatic hydroxyl groups is 1. The quantitative estimate of drug-likeness (QED) is 0.188. The predicted molar refractivity (Wildman–Crippen MR) is 150 cm³/mol. The molecule has 0 fully saturated rings. The van der Waals surface area contributed by atoms with Crippen LogP contribution in [-0.2, 0) is 26.3 Å². The molecule has 0 aliphatic carbocycles. The maximum Gasteiger partial charge on any atom is 0.333 e. The molecule has 1 atom stereocenters. The van der Waals surface area contributed by atoms with Gasteiger partial charge in [0, 0.05) is 38.8 Å². The van der Waals surface area contributed by atoms with Gasteiger partial charge >= 0.3 is 16.2 Å². The highest BCUT2D eigenvalue weighted by atomic mass is 32.2. The van der Waals surface area contributed by atoms with Crippen LogP contribution in [0.1, 0.15) is 32.2 Å². The lowest BCUT2D eigenvalue weighted by Crippen LogP contribution is -2.29. The van der Waals surface area contributed by atoms with Gasteiger partial charge in [-0.1, -0.05) is 6.58 Å². The van der Waals surface area contributed by atoms with Crippen molar-refractivity contribution < 1.29 is 27.8 Å². The third-order valence-electron chi connectivity index (χ3n) is 5.68. The highest BCUT2D eigenvalue weighted by Gasteiger charge is 2.23. The number of esters is 1. The van der Waals surface area contributed by atoms with Crippen molar-refractivity contribution in [3.8, 4) is 17.9 Å². The number of imidazole rings is 1. The van der Waals surface area contributed by atoms with Crippen molar-refractivity contribution in [1.82, 2.24) is 13.9 Å². The van der Waals surface area contributed by atoms with E-state index in [0.717, 1.165) is 8.87 Å². The fraction of sp³-hybridized carbons (Fsp3) is 0.440. The first-order chi connectivity index (χ1) is 19.3. The minimum atomic E-state index is -3.95. The highest BCUT2D eigenvalue weighted by molar-refractivity contribution is 7.90. The first-order valence-corrected chi connectivity index (χ1v) is 13.8. The summed E-state index contributed by atoms with van der Waals surface area (Å²) >= 11 is 0. The van der Waals surface area contributed by atoms with Gasteiger partial charge in [-0.05, 0) is 26.8 Å². The molecule has 0 aliphatic heterocycles. The summed E-state index contributed by atoms with van der Waals surface area (Å²) in [4.78, 5) is 17.7. The maximum atomic E-state index is 12.7. The van der Waals surface area contributed by atoms with Crippen molar-refractivity contribution in [2.24, 2.45) is 10.2 Å². The zero-order valence-electron chi connectivity index (χ0n) is 23.7. The normalized spacial score (nSPS) is 12.0. The van der Waals surface area contributed by atoms with E-state index in [4.69, 9.17) is 9.47 Å². The van der Waals surface area contributed by atoms with E-state index in [1.165, 1.54) is 34.2 Å². The lowest BCUT2D eigenvalue weighted by molar-refractivity contribution is -0.142. The largest absolute Gasteiger partial charge is 0.494 e. The first kappa shape index (κ1) is 32.7. The maximum absolute atomic E-state index is 12.7. The van der Waals surface area contributed by atoms with Gasteiger partial charge in [-0.25, -0.2) is 4.79 Å². The first-order valence-electron chi connectivity index (χ1n) is 12.3. The van der Waals surface area contributed by atoms with E-state index in [9.17, 15) is 28.8 Å². The monoisotopic (exact) mass is 587 g/mol. The van der Waals surface area contributed by atoms with Gasteiger partial charge in [0.2, 0.25) is 0 Å². The molecule has 2 N–H and O–H groups in total. The third-order valence-corrected chi connectivity index (χ3v) is 7.12. The molecule has 0 spiro atoms. The molecule has 15 nitrogen and oxygen atoms in total. The fourth-order valence-electron chi connectivity index (χ4n) is 3.47. The molecule has 0 saturated heterocycles. The Morgan fingerprint density at radius 3 is 2.41 bits per heavy atom. The SMILES string of the molecule is C=C(C)C(=O)OCC(O)Cn1c(N=Nc2cc(OC)c(N(CC)CC)cc2NS(=O)(=O)N(C)C)nc(C#N)c1C#N. The van der Waals surface area contributed by atoms with E-state index in [1.54, 1.807) is 12.1 Å². The Bertz CT molecular complexity index is 1500. The van der Waals surface area contributed by atoms with E-state index < -0.39 is 28.9 Å². The van der Waals surface area contributed by atoms with Gasteiger partial charge in [-0.3, -0.25) is 9.29 Å². The second-order valence-electron chi connectivity index (χ2n) is 8.78. The third kappa shape index (κ3) is 8.01. The van der Waals surface area contributed by atoms with Gasteiger partial charge in [-0.2, -0.15) is 28.2 Å². The van der Waals surface area contributed by atoms with E-state index >= 15 is 0 Å². The Kier molecular flexibility index (Phi) is 11.3. The molecule has 1 heterocycles. The van der Waals surface area contributed by atoms with Crippen LogP contribution in [0.4, 0.5) is 23.0 Å². The number of carbonyl (C=O) groups excluding carboxylic acids is 1. The number of aromatic nitrogens is 2. The number of benzene rings is 1. The van der Waals surface area contributed by atoms with Gasteiger partial charge < -0.3 is 19.5 Å². The Hall–Kier alpha value is -4.51. The molecule has 41 heavy (non-hydrogen) atoms. The molecule has 0 saturated carbocycles. The Balaban J connectivity index is 2.63. The summed E-state index contributed by atoms with van der Waals surface area (Å²) in [5, 5.41) is 37.8. The number of carbonyl (C=O) groups is 1. The van der Waals surface area contributed by atoms with E-state index in [2.05, 4.69) is 26.5 Å². The summed E-state index contributed by atoms with van der Waals surface area (Å²) in [6.45, 7) is 9.28. The Labute approximate surface area is 239 Å². The van der Waals surface area contributed by atoms with E-state index in [0.29, 0.717) is 24.5 Å². The van der Waals surface area contributed by atoms with Crippen molar-refractivity contribution in [1.29, 1.82) is 10.5 Å². The van der Waals surface area contributed by atoms with Gasteiger partial charge in [0.1, 0.15) is 36.3 Å². The fourth-order valence-corrected chi connectivity index (χ4v) is 4.09. The van der Waals surface area contributed by atoms with Crippen LogP contribution in [0.15, 0.2) is 34.5 Å². The molecular formula is C25H33N9O6S. The molecule has 1 aromatic heterocycles. The standard InChI is InChI=1S/C25H33N9O6S/c1-8-33(9-2)21-10-19(31-41(37,38)32(5)6)18(11-23(21)39-7)29-30-25-28-20(12-26)22(13-27)34(25)14-17(35)15-40-24(36)16(3)4/h10-11,17,31,35H,3,8-9,14-15H2,1-2,4-7H3. The summed E-state index contributed by atoms with van der Waals surface area (Å²) in [7, 11) is 0.231. The molecule has 0 aliphatic rings. The molecule has 0 bridgehead atoms. The van der Waals surface area contributed by atoms with Crippen molar-refractivity contribution in [3.05, 3.63) is 35.7 Å². The van der Waals surface area contributed by atoms with Crippen LogP contribution in [0.25, 0.3) is 0 Å². The number of nitrogens with zero attached hydrogens (tertiary/aromatic N) is 8. The molecule has 1 aromatic carbocycles. The average Bonchev–Trinajstić information content (AvgIpc) is 3.27. The smallest absolute Gasteiger partial charge is 0.333 e. The zero-order chi connectivity index (χ0) is 30.9. The number of nitrogens with one attached hydrogen (secondary N) is 1. The number of aliphatic hydroxyl groups excluding tert-OH is 1. The molecule has 0 radical (unpaired) electrons. The molecule has 0 amide bonds. The molecule has 1 unspecified atom stereocenters. The summed E-state index contributed by atoms with van der Waals surface area (Å²) in [6, 6.07) is 6.69. The van der Waals surface area contributed by atoms with Crippen LogP contribution < -0.4 is 14.4 Å². The number of methoxy groups -OCH3 is 1. The number of anilines is 2. The van der Waals surface area contributed by atoms with Crippen LogP contribution in [0.5, 0.6) is 5.75 Å². The number of hydrogen-bond donors (Lipinski definition) is 2.